The molecule has 0 N–H and O–H groups in total. The zero-order valence-electron chi connectivity index (χ0n) is 6.87. The Hall–Kier alpha value is -1.12. The maximum atomic E-state index is 13.1. The molecule has 0 unspecified atom stereocenters. The number of halogens is 2. The Balaban J connectivity index is 3.23. The predicted molar refractivity (Wildman–Crippen MR) is 48.8 cm³/mol. The van der Waals surface area contributed by atoms with Crippen LogP contribution in [0.1, 0.15) is 5.56 Å². The fourth-order valence-corrected chi connectivity index (χ4v) is 1.84. The Morgan fingerprint density at radius 1 is 1.50 bits per heavy atom. The van der Waals surface area contributed by atoms with Crippen molar-refractivity contribution in [3.63, 3.8) is 0 Å². The van der Waals surface area contributed by atoms with Crippen LogP contribution in [0.15, 0.2) is 23.1 Å². The first-order valence-electron chi connectivity index (χ1n) is 3.55. The fourth-order valence-electron chi connectivity index (χ4n) is 0.943. The van der Waals surface area contributed by atoms with Gasteiger partial charge in [-0.1, -0.05) is 6.07 Å². The molecule has 0 aromatic heterocycles. The summed E-state index contributed by atoms with van der Waals surface area (Å²) in [5.41, 5.74) is 0.411. The van der Waals surface area contributed by atoms with Gasteiger partial charge in [0.15, 0.2) is 0 Å². The molecule has 1 rings (SSSR count). The number of benzene rings is 1. The Morgan fingerprint density at radius 2 is 2.14 bits per heavy atom. The lowest BCUT2D eigenvalue weighted by Gasteiger charge is -2.00. The molecule has 0 bridgehead atoms. The minimum atomic E-state index is -4.05. The van der Waals surface area contributed by atoms with Crippen LogP contribution in [-0.4, -0.2) is 8.42 Å². The Kier molecular flexibility index (Phi) is 3.09. The second-order valence-corrected chi connectivity index (χ2v) is 5.07. The van der Waals surface area contributed by atoms with E-state index in [1.54, 1.807) is 0 Å². The Morgan fingerprint density at radius 3 is 2.57 bits per heavy atom. The van der Waals surface area contributed by atoms with Crippen LogP contribution in [0, 0.1) is 17.1 Å². The van der Waals surface area contributed by atoms with Gasteiger partial charge in [0, 0.05) is 10.7 Å². The van der Waals surface area contributed by atoms with E-state index in [0.717, 1.165) is 12.1 Å². The molecule has 0 aliphatic carbocycles. The van der Waals surface area contributed by atoms with Gasteiger partial charge in [-0.15, -0.1) is 0 Å². The SMILES string of the molecule is N#CCc1ccc(S(=O)(=O)Cl)c(F)c1. The summed E-state index contributed by atoms with van der Waals surface area (Å²) in [5.74, 6) is -0.937. The molecule has 0 saturated heterocycles. The summed E-state index contributed by atoms with van der Waals surface area (Å²) in [6.07, 6.45) is 0.0273. The molecule has 0 aliphatic heterocycles. The highest BCUT2D eigenvalue weighted by atomic mass is 35.7. The number of hydrogen-bond donors (Lipinski definition) is 0. The number of rotatable bonds is 2. The van der Waals surface area contributed by atoms with Crippen molar-refractivity contribution in [3.05, 3.63) is 29.6 Å². The van der Waals surface area contributed by atoms with Crippen molar-refractivity contribution < 1.29 is 12.8 Å². The van der Waals surface area contributed by atoms with E-state index in [4.69, 9.17) is 15.9 Å². The van der Waals surface area contributed by atoms with E-state index >= 15 is 0 Å². The number of nitrogens with zero attached hydrogens (tertiary/aromatic N) is 1. The lowest BCUT2D eigenvalue weighted by Crippen LogP contribution is -1.96. The van der Waals surface area contributed by atoms with Crippen LogP contribution in [-0.2, 0) is 15.5 Å². The smallest absolute Gasteiger partial charge is 0.207 e. The van der Waals surface area contributed by atoms with Crippen LogP contribution < -0.4 is 0 Å². The summed E-state index contributed by atoms with van der Waals surface area (Å²) in [7, 11) is 0.910. The van der Waals surface area contributed by atoms with Crippen LogP contribution in [0.5, 0.6) is 0 Å². The summed E-state index contributed by atoms with van der Waals surface area (Å²) in [6.45, 7) is 0. The van der Waals surface area contributed by atoms with Crippen LogP contribution in [0.3, 0.4) is 0 Å². The zero-order valence-corrected chi connectivity index (χ0v) is 8.44. The standard InChI is InChI=1S/C8H5ClFNO2S/c9-14(12,13)8-2-1-6(3-4-11)5-7(8)10/h1-2,5H,3H2. The summed E-state index contributed by atoms with van der Waals surface area (Å²) < 4.78 is 34.7. The summed E-state index contributed by atoms with van der Waals surface area (Å²) >= 11 is 0. The van der Waals surface area contributed by atoms with Crippen LogP contribution in [0.4, 0.5) is 4.39 Å². The molecule has 0 saturated carbocycles. The van der Waals surface area contributed by atoms with Gasteiger partial charge >= 0.3 is 0 Å². The highest BCUT2D eigenvalue weighted by Gasteiger charge is 2.15. The van der Waals surface area contributed by atoms with Crippen molar-refractivity contribution in [1.29, 1.82) is 5.26 Å². The fraction of sp³-hybridized carbons (Fsp3) is 0.125. The molecular weight excluding hydrogens is 229 g/mol. The topological polar surface area (TPSA) is 57.9 Å². The van der Waals surface area contributed by atoms with E-state index in [1.807, 2.05) is 6.07 Å². The monoisotopic (exact) mass is 233 g/mol. The quantitative estimate of drug-likeness (QED) is 0.732. The average Bonchev–Trinajstić information content (AvgIpc) is 2.02. The van der Waals surface area contributed by atoms with Crippen LogP contribution in [0.2, 0.25) is 0 Å². The third kappa shape index (κ3) is 2.44. The molecule has 0 fully saturated rings. The molecule has 3 nitrogen and oxygen atoms in total. The summed E-state index contributed by atoms with van der Waals surface area (Å²) in [6, 6.07) is 5.20. The minimum Gasteiger partial charge on any atom is -0.207 e. The highest BCUT2D eigenvalue weighted by Crippen LogP contribution is 2.19. The normalized spacial score (nSPS) is 10.9. The molecule has 0 spiro atoms. The molecule has 0 amide bonds. The third-order valence-electron chi connectivity index (χ3n) is 1.54. The van der Waals surface area contributed by atoms with E-state index in [2.05, 4.69) is 0 Å². The van der Waals surface area contributed by atoms with Gasteiger partial charge in [0.1, 0.15) is 10.7 Å². The second-order valence-electron chi connectivity index (χ2n) is 2.54. The molecule has 74 valence electrons. The van der Waals surface area contributed by atoms with Gasteiger partial charge in [0.2, 0.25) is 0 Å². The zero-order chi connectivity index (χ0) is 10.8. The molecule has 1 aromatic carbocycles. The van der Waals surface area contributed by atoms with Gasteiger partial charge in [-0.05, 0) is 17.7 Å². The van der Waals surface area contributed by atoms with E-state index < -0.39 is 19.8 Å². The molecule has 0 radical (unpaired) electrons. The van der Waals surface area contributed by atoms with E-state index in [1.165, 1.54) is 6.07 Å². The molecule has 0 aliphatic rings. The van der Waals surface area contributed by atoms with Gasteiger partial charge in [0.25, 0.3) is 9.05 Å². The molecule has 0 atom stereocenters. The Bertz CT molecular complexity index is 493. The van der Waals surface area contributed by atoms with Crippen molar-refractivity contribution in [3.8, 4) is 6.07 Å². The first-order chi connectivity index (χ1) is 6.45. The van der Waals surface area contributed by atoms with Gasteiger partial charge in [-0.3, -0.25) is 0 Å². The van der Waals surface area contributed by atoms with E-state index in [0.29, 0.717) is 5.56 Å². The van der Waals surface area contributed by atoms with Crippen LogP contribution in [0.25, 0.3) is 0 Å². The van der Waals surface area contributed by atoms with Gasteiger partial charge < -0.3 is 0 Å². The maximum absolute atomic E-state index is 13.1. The van der Waals surface area contributed by atoms with Crippen molar-refractivity contribution in [2.75, 3.05) is 0 Å². The number of nitriles is 1. The summed E-state index contributed by atoms with van der Waals surface area (Å²) in [5, 5.41) is 8.32. The lowest BCUT2D eigenvalue weighted by molar-refractivity contribution is 0.574. The number of hydrogen-bond acceptors (Lipinski definition) is 3. The highest BCUT2D eigenvalue weighted by molar-refractivity contribution is 8.13. The van der Waals surface area contributed by atoms with Crippen molar-refractivity contribution in [2.24, 2.45) is 0 Å². The van der Waals surface area contributed by atoms with E-state index in [9.17, 15) is 12.8 Å². The van der Waals surface area contributed by atoms with Crippen molar-refractivity contribution >= 4 is 19.7 Å². The first-order valence-corrected chi connectivity index (χ1v) is 5.86. The average molecular weight is 234 g/mol. The largest absolute Gasteiger partial charge is 0.264 e. The van der Waals surface area contributed by atoms with Gasteiger partial charge in [-0.25, -0.2) is 12.8 Å². The maximum Gasteiger partial charge on any atom is 0.264 e. The molecule has 14 heavy (non-hydrogen) atoms. The third-order valence-corrected chi connectivity index (χ3v) is 2.90. The first kappa shape index (κ1) is 11.0. The molecular formula is C8H5ClFNO2S. The molecule has 0 heterocycles. The molecule has 6 heteroatoms. The van der Waals surface area contributed by atoms with Crippen molar-refractivity contribution in [1.82, 2.24) is 0 Å². The van der Waals surface area contributed by atoms with Crippen LogP contribution >= 0.6 is 10.7 Å². The van der Waals surface area contributed by atoms with Gasteiger partial charge in [0.05, 0.1) is 12.5 Å². The second kappa shape index (κ2) is 3.95. The van der Waals surface area contributed by atoms with E-state index in [-0.39, 0.29) is 6.42 Å². The Labute approximate surface area is 85.2 Å². The predicted octanol–water partition coefficient (Wildman–Crippen LogP) is 1.82. The van der Waals surface area contributed by atoms with Gasteiger partial charge in [-0.2, -0.15) is 5.26 Å². The lowest BCUT2D eigenvalue weighted by atomic mass is 10.2. The molecule has 1 aromatic rings. The van der Waals surface area contributed by atoms with Crippen molar-refractivity contribution in [2.45, 2.75) is 11.3 Å². The summed E-state index contributed by atoms with van der Waals surface area (Å²) in [4.78, 5) is -0.569. The minimum absolute atomic E-state index is 0.0273.